The van der Waals surface area contributed by atoms with Gasteiger partial charge in [-0.2, -0.15) is 0 Å². The number of hydrogen-bond acceptors (Lipinski definition) is 5. The number of pyridine rings is 1. The van der Waals surface area contributed by atoms with Crippen LogP contribution in [0.4, 0.5) is 5.82 Å². The van der Waals surface area contributed by atoms with Crippen molar-refractivity contribution in [3.63, 3.8) is 0 Å². The lowest BCUT2D eigenvalue weighted by Gasteiger charge is -2.32. The lowest BCUT2D eigenvalue weighted by Crippen LogP contribution is -2.39. The van der Waals surface area contributed by atoms with Crippen LogP contribution in [0.25, 0.3) is 0 Å². The van der Waals surface area contributed by atoms with E-state index < -0.39 is 0 Å². The Hall–Kier alpha value is -1.66. The summed E-state index contributed by atoms with van der Waals surface area (Å²) in [4.78, 5) is 18.3. The summed E-state index contributed by atoms with van der Waals surface area (Å²) in [5.41, 5.74) is 0.953. The molecule has 1 fully saturated rings. The molecule has 0 bridgehead atoms. The highest BCUT2D eigenvalue weighted by molar-refractivity contribution is 5.77. The summed E-state index contributed by atoms with van der Waals surface area (Å²) in [5.74, 6) is 0.702. The summed E-state index contributed by atoms with van der Waals surface area (Å²) in [6.07, 6.45) is 3.25. The van der Waals surface area contributed by atoms with Gasteiger partial charge in [0, 0.05) is 31.4 Å². The minimum absolute atomic E-state index is 0.0366. The molecule has 2 N–H and O–H groups in total. The highest BCUT2D eigenvalue weighted by Gasteiger charge is 2.20. The van der Waals surface area contributed by atoms with Crippen LogP contribution in [-0.4, -0.2) is 47.9 Å². The van der Waals surface area contributed by atoms with Crippen LogP contribution in [0.15, 0.2) is 18.3 Å². The highest BCUT2D eigenvalue weighted by Crippen LogP contribution is 2.21. The van der Waals surface area contributed by atoms with Crippen LogP contribution < -0.4 is 10.2 Å². The monoisotopic (exact) mass is 307 g/mol. The molecule has 6 heteroatoms. The minimum Gasteiger partial charge on any atom is -0.391 e. The summed E-state index contributed by atoms with van der Waals surface area (Å²) in [6.45, 7) is 5.74. The molecule has 0 unspecified atom stereocenters. The van der Waals surface area contributed by atoms with Crippen LogP contribution >= 0.6 is 0 Å². The van der Waals surface area contributed by atoms with E-state index in [1.54, 1.807) is 6.20 Å². The molecule has 1 aliphatic heterocycles. The lowest BCUT2D eigenvalue weighted by atomic mass is 10.1. The Bertz CT molecular complexity index is 493. The largest absolute Gasteiger partial charge is 0.391 e. The van der Waals surface area contributed by atoms with Crippen molar-refractivity contribution in [2.45, 2.75) is 45.4 Å². The van der Waals surface area contributed by atoms with Gasteiger partial charge in [0.2, 0.25) is 5.91 Å². The standard InChI is InChI=1S/C16H25N3O3/c1-12(2)22-11-15(21)18-9-13-5-3-7-17-16(13)19-8-4-6-14(20)10-19/h3,5,7,12,14,20H,4,6,8-11H2,1-2H3,(H,18,21)/t14-/m0/s1. The first kappa shape index (κ1) is 16.7. The average molecular weight is 307 g/mol. The van der Waals surface area contributed by atoms with E-state index in [-0.39, 0.29) is 24.7 Å². The summed E-state index contributed by atoms with van der Waals surface area (Å²) >= 11 is 0. The second-order valence-corrected chi connectivity index (χ2v) is 5.86. The molecule has 2 heterocycles. The van der Waals surface area contributed by atoms with Crippen molar-refractivity contribution < 1.29 is 14.6 Å². The first-order chi connectivity index (χ1) is 10.6. The van der Waals surface area contributed by atoms with E-state index in [1.165, 1.54) is 0 Å². The second-order valence-electron chi connectivity index (χ2n) is 5.86. The van der Waals surface area contributed by atoms with Gasteiger partial charge in [-0.1, -0.05) is 6.07 Å². The van der Waals surface area contributed by atoms with E-state index in [0.717, 1.165) is 30.8 Å². The number of carbonyl (C=O) groups excluding carboxylic acids is 1. The van der Waals surface area contributed by atoms with E-state index in [2.05, 4.69) is 15.2 Å². The summed E-state index contributed by atoms with van der Waals surface area (Å²) in [5, 5.41) is 12.7. The number of nitrogens with zero attached hydrogens (tertiary/aromatic N) is 2. The number of amides is 1. The molecule has 2 rings (SSSR count). The Morgan fingerprint density at radius 1 is 1.59 bits per heavy atom. The quantitative estimate of drug-likeness (QED) is 0.823. The predicted octanol–water partition coefficient (Wildman–Crippen LogP) is 1.08. The lowest BCUT2D eigenvalue weighted by molar-refractivity contribution is -0.127. The Kier molecular flexibility index (Phi) is 6.15. The normalized spacial score (nSPS) is 18.5. The third-order valence-electron chi connectivity index (χ3n) is 3.59. The van der Waals surface area contributed by atoms with Crippen LogP contribution in [0.2, 0.25) is 0 Å². The summed E-state index contributed by atoms with van der Waals surface area (Å²) in [6, 6.07) is 3.81. The van der Waals surface area contributed by atoms with Crippen LogP contribution in [0.1, 0.15) is 32.3 Å². The number of piperidine rings is 1. The smallest absolute Gasteiger partial charge is 0.246 e. The van der Waals surface area contributed by atoms with Gasteiger partial charge in [0.25, 0.3) is 0 Å². The van der Waals surface area contributed by atoms with Gasteiger partial charge in [0.05, 0.1) is 12.2 Å². The zero-order chi connectivity index (χ0) is 15.9. The van der Waals surface area contributed by atoms with Crippen molar-refractivity contribution in [3.8, 4) is 0 Å². The van der Waals surface area contributed by atoms with Gasteiger partial charge in [0.15, 0.2) is 0 Å². The molecule has 0 spiro atoms. The number of carbonyl (C=O) groups is 1. The van der Waals surface area contributed by atoms with Crippen molar-refractivity contribution in [3.05, 3.63) is 23.9 Å². The van der Waals surface area contributed by atoms with Gasteiger partial charge >= 0.3 is 0 Å². The van der Waals surface area contributed by atoms with Crippen LogP contribution in [0.5, 0.6) is 0 Å². The molecule has 1 aromatic rings. The first-order valence-electron chi connectivity index (χ1n) is 7.81. The fraction of sp³-hybridized carbons (Fsp3) is 0.625. The number of anilines is 1. The molecule has 1 aromatic heterocycles. The predicted molar refractivity (Wildman–Crippen MR) is 84.6 cm³/mol. The van der Waals surface area contributed by atoms with Crippen LogP contribution in [-0.2, 0) is 16.1 Å². The highest BCUT2D eigenvalue weighted by atomic mass is 16.5. The molecule has 0 radical (unpaired) electrons. The van der Waals surface area contributed by atoms with Crippen molar-refractivity contribution in [2.24, 2.45) is 0 Å². The Morgan fingerprint density at radius 3 is 3.14 bits per heavy atom. The number of β-amino-alcohol motifs (C(OH)–C–C–N with tert-alkyl or cyclic N) is 1. The first-order valence-corrected chi connectivity index (χ1v) is 7.81. The number of aromatic nitrogens is 1. The molecule has 0 aromatic carbocycles. The molecule has 22 heavy (non-hydrogen) atoms. The van der Waals surface area contributed by atoms with Gasteiger partial charge in [-0.05, 0) is 32.8 Å². The van der Waals surface area contributed by atoms with Crippen molar-refractivity contribution >= 4 is 11.7 Å². The van der Waals surface area contributed by atoms with Gasteiger partial charge < -0.3 is 20.1 Å². The minimum atomic E-state index is -0.308. The van der Waals surface area contributed by atoms with Crippen LogP contribution in [0, 0.1) is 0 Å². The van der Waals surface area contributed by atoms with Gasteiger partial charge in [0.1, 0.15) is 12.4 Å². The Labute approximate surface area is 131 Å². The number of hydrogen-bond donors (Lipinski definition) is 2. The third-order valence-corrected chi connectivity index (χ3v) is 3.59. The van der Waals surface area contributed by atoms with E-state index in [0.29, 0.717) is 13.1 Å². The van der Waals surface area contributed by atoms with Crippen molar-refractivity contribution in [1.29, 1.82) is 0 Å². The molecule has 1 amide bonds. The summed E-state index contributed by atoms with van der Waals surface area (Å²) in [7, 11) is 0. The van der Waals surface area contributed by atoms with Crippen molar-refractivity contribution in [1.82, 2.24) is 10.3 Å². The molecule has 1 atom stereocenters. The summed E-state index contributed by atoms with van der Waals surface area (Å²) < 4.78 is 5.28. The maximum absolute atomic E-state index is 11.8. The van der Waals surface area contributed by atoms with E-state index in [9.17, 15) is 9.90 Å². The molecule has 6 nitrogen and oxygen atoms in total. The van der Waals surface area contributed by atoms with E-state index in [1.807, 2.05) is 26.0 Å². The van der Waals surface area contributed by atoms with Crippen LogP contribution in [0.3, 0.4) is 0 Å². The molecule has 0 saturated carbocycles. The number of aliphatic hydroxyl groups is 1. The molecule has 122 valence electrons. The van der Waals surface area contributed by atoms with Gasteiger partial charge in [-0.15, -0.1) is 0 Å². The Morgan fingerprint density at radius 2 is 2.41 bits per heavy atom. The third kappa shape index (κ3) is 4.96. The van der Waals surface area contributed by atoms with Gasteiger partial charge in [-0.25, -0.2) is 4.98 Å². The molecule has 1 saturated heterocycles. The fourth-order valence-electron chi connectivity index (χ4n) is 2.49. The molecule has 0 aliphatic carbocycles. The van der Waals surface area contributed by atoms with E-state index in [4.69, 9.17) is 4.74 Å². The number of rotatable bonds is 6. The number of ether oxygens (including phenoxy) is 1. The number of nitrogens with one attached hydrogen (secondary N) is 1. The topological polar surface area (TPSA) is 74.7 Å². The fourth-order valence-corrected chi connectivity index (χ4v) is 2.49. The Balaban J connectivity index is 1.95. The molecular formula is C16H25N3O3. The second kappa shape index (κ2) is 8.10. The van der Waals surface area contributed by atoms with Crippen molar-refractivity contribution in [2.75, 3.05) is 24.6 Å². The SMILES string of the molecule is CC(C)OCC(=O)NCc1cccnc1N1CCC[C@H](O)C1. The molecular weight excluding hydrogens is 282 g/mol. The zero-order valence-electron chi connectivity index (χ0n) is 13.3. The van der Waals surface area contributed by atoms with Gasteiger partial charge in [-0.3, -0.25) is 4.79 Å². The van der Waals surface area contributed by atoms with E-state index >= 15 is 0 Å². The molecule has 1 aliphatic rings. The number of aliphatic hydroxyl groups excluding tert-OH is 1. The average Bonchev–Trinajstić information content (AvgIpc) is 2.51. The zero-order valence-corrected chi connectivity index (χ0v) is 13.3. The maximum atomic E-state index is 11.8. The maximum Gasteiger partial charge on any atom is 0.246 e.